The number of urea groups is 1. The molecule has 28 heavy (non-hydrogen) atoms. The lowest BCUT2D eigenvalue weighted by atomic mass is 10.2. The van der Waals surface area contributed by atoms with E-state index in [4.69, 9.17) is 0 Å². The maximum atomic E-state index is 12.3. The first-order valence-electron chi connectivity index (χ1n) is 9.25. The number of aromatic nitrogens is 2. The summed E-state index contributed by atoms with van der Waals surface area (Å²) in [5.74, 6) is -0.424. The Labute approximate surface area is 162 Å². The predicted molar refractivity (Wildman–Crippen MR) is 103 cm³/mol. The summed E-state index contributed by atoms with van der Waals surface area (Å²) in [7, 11) is 1.58. The third kappa shape index (κ3) is 3.61. The molecule has 0 aliphatic carbocycles. The number of carbonyl (C=O) groups excluding carboxylic acids is 3. The average molecular weight is 382 g/mol. The summed E-state index contributed by atoms with van der Waals surface area (Å²) in [6.07, 6.45) is 0.859. The molecular weight excluding hydrogens is 360 g/mol. The van der Waals surface area contributed by atoms with E-state index in [9.17, 15) is 14.4 Å². The number of fused-ring (bicyclic) bond motifs is 1. The second-order valence-corrected chi connectivity index (χ2v) is 6.99. The molecule has 4 rings (SSSR count). The molecule has 2 aliphatic rings. The maximum Gasteiger partial charge on any atom is 0.331 e. The summed E-state index contributed by atoms with van der Waals surface area (Å²) >= 11 is 0. The maximum absolute atomic E-state index is 12.3. The number of rotatable bonds is 5. The van der Waals surface area contributed by atoms with Gasteiger partial charge >= 0.3 is 6.03 Å². The zero-order valence-corrected chi connectivity index (χ0v) is 15.6. The van der Waals surface area contributed by atoms with Gasteiger partial charge in [-0.25, -0.2) is 9.69 Å². The Morgan fingerprint density at radius 2 is 2.14 bits per heavy atom. The Morgan fingerprint density at radius 3 is 2.89 bits per heavy atom. The third-order valence-corrected chi connectivity index (χ3v) is 4.86. The highest BCUT2D eigenvalue weighted by Gasteiger charge is 2.34. The molecule has 3 heterocycles. The van der Waals surface area contributed by atoms with Crippen LogP contribution in [0, 0.1) is 0 Å². The molecule has 0 saturated carbocycles. The highest BCUT2D eigenvalue weighted by molar-refractivity contribution is 6.19. The molecule has 2 aromatic rings. The number of nitrogens with one attached hydrogen (secondary N) is 2. The minimum absolute atomic E-state index is 0.0551. The molecule has 1 aromatic carbocycles. The van der Waals surface area contributed by atoms with Crippen LogP contribution in [0.1, 0.15) is 17.8 Å². The Hall–Kier alpha value is -3.20. The molecule has 1 aromatic heterocycles. The van der Waals surface area contributed by atoms with E-state index >= 15 is 0 Å². The van der Waals surface area contributed by atoms with Crippen LogP contribution in [0.5, 0.6) is 0 Å². The largest absolute Gasteiger partial charge is 0.331 e. The van der Waals surface area contributed by atoms with Gasteiger partial charge in [-0.15, -0.1) is 0 Å². The van der Waals surface area contributed by atoms with Gasteiger partial charge in [0.2, 0.25) is 5.91 Å². The number of nitrogens with zero attached hydrogens (tertiary/aromatic N) is 4. The van der Waals surface area contributed by atoms with Crippen molar-refractivity contribution in [3.05, 3.63) is 41.7 Å². The van der Waals surface area contributed by atoms with Gasteiger partial charge in [-0.05, 0) is 24.3 Å². The molecule has 0 radical (unpaired) electrons. The molecule has 4 amide bonds. The van der Waals surface area contributed by atoms with E-state index < -0.39 is 0 Å². The molecule has 0 bridgehead atoms. The van der Waals surface area contributed by atoms with Crippen LogP contribution in [0.15, 0.2) is 30.3 Å². The number of carbonyl (C=O) groups is 3. The van der Waals surface area contributed by atoms with Crippen molar-refractivity contribution in [2.24, 2.45) is 0 Å². The minimum Gasteiger partial charge on any atom is -0.326 e. The fourth-order valence-corrected chi connectivity index (χ4v) is 3.44. The molecule has 1 fully saturated rings. The molecule has 0 unspecified atom stereocenters. The second kappa shape index (κ2) is 7.43. The molecule has 1 saturated heterocycles. The number of hydrogen-bond donors (Lipinski definition) is 2. The van der Waals surface area contributed by atoms with Crippen molar-refractivity contribution in [1.29, 1.82) is 0 Å². The van der Waals surface area contributed by atoms with Crippen molar-refractivity contribution in [3.63, 3.8) is 0 Å². The standard InChI is InChI=1S/C19H22N6O3/c1-23-12-18(27)25(19(23)28)15-4-2-3-13(9-15)21-17(26)6-5-14-10-16-11-20-7-8-24(16)22-14/h2-4,9-10,20H,5-8,11-12H2,1H3,(H,21,26). The van der Waals surface area contributed by atoms with Crippen LogP contribution in [0.2, 0.25) is 0 Å². The number of imide groups is 1. The molecule has 0 spiro atoms. The summed E-state index contributed by atoms with van der Waals surface area (Å²) in [5.41, 5.74) is 3.04. The van der Waals surface area contributed by atoms with Gasteiger partial charge in [-0.3, -0.25) is 14.3 Å². The quantitative estimate of drug-likeness (QED) is 0.751. The molecule has 9 nitrogen and oxygen atoms in total. The van der Waals surface area contributed by atoms with E-state index in [-0.39, 0.29) is 24.4 Å². The number of anilines is 2. The average Bonchev–Trinajstić information content (AvgIpc) is 3.20. The van der Waals surface area contributed by atoms with Gasteiger partial charge in [-0.1, -0.05) is 6.07 Å². The van der Waals surface area contributed by atoms with Gasteiger partial charge in [0.05, 0.1) is 23.6 Å². The monoisotopic (exact) mass is 382 g/mol. The number of benzene rings is 1. The van der Waals surface area contributed by atoms with Gasteiger partial charge in [0, 0.05) is 38.7 Å². The number of hydrogen-bond acceptors (Lipinski definition) is 5. The summed E-state index contributed by atoms with van der Waals surface area (Å²) < 4.78 is 1.98. The highest BCUT2D eigenvalue weighted by atomic mass is 16.2. The summed E-state index contributed by atoms with van der Waals surface area (Å²) in [6.45, 7) is 2.61. The van der Waals surface area contributed by atoms with E-state index in [2.05, 4.69) is 15.7 Å². The normalized spacial score (nSPS) is 16.5. The summed E-state index contributed by atoms with van der Waals surface area (Å²) in [6, 6.07) is 8.41. The first-order chi connectivity index (χ1) is 13.5. The molecular formula is C19H22N6O3. The fraction of sp³-hybridized carbons (Fsp3) is 0.368. The molecule has 146 valence electrons. The fourth-order valence-electron chi connectivity index (χ4n) is 3.44. The smallest absolute Gasteiger partial charge is 0.326 e. The number of likely N-dealkylation sites (N-methyl/N-ethyl adjacent to an activating group) is 1. The zero-order chi connectivity index (χ0) is 19.7. The Morgan fingerprint density at radius 1 is 1.29 bits per heavy atom. The van der Waals surface area contributed by atoms with Crippen LogP contribution < -0.4 is 15.5 Å². The summed E-state index contributed by atoms with van der Waals surface area (Å²) in [4.78, 5) is 39.0. The third-order valence-electron chi connectivity index (χ3n) is 4.86. The minimum atomic E-state index is -0.369. The molecule has 2 aliphatic heterocycles. The Bertz CT molecular complexity index is 914. The lowest BCUT2D eigenvalue weighted by molar-refractivity contribution is -0.117. The summed E-state index contributed by atoms with van der Waals surface area (Å²) in [5, 5.41) is 10.7. The molecule has 0 atom stereocenters. The Kier molecular flexibility index (Phi) is 4.82. The zero-order valence-electron chi connectivity index (χ0n) is 15.6. The van der Waals surface area contributed by atoms with Crippen molar-refractivity contribution < 1.29 is 14.4 Å². The van der Waals surface area contributed by atoms with Crippen molar-refractivity contribution in [1.82, 2.24) is 20.0 Å². The predicted octanol–water partition coefficient (Wildman–Crippen LogP) is 0.956. The van der Waals surface area contributed by atoms with Gasteiger partial charge in [-0.2, -0.15) is 5.10 Å². The molecule has 9 heteroatoms. The first-order valence-corrected chi connectivity index (χ1v) is 9.25. The number of amides is 4. The highest BCUT2D eigenvalue weighted by Crippen LogP contribution is 2.24. The first kappa shape index (κ1) is 18.2. The van der Waals surface area contributed by atoms with Gasteiger partial charge in [0.25, 0.3) is 5.91 Å². The van der Waals surface area contributed by atoms with E-state index in [0.717, 1.165) is 35.9 Å². The van der Waals surface area contributed by atoms with Crippen LogP contribution in [0.4, 0.5) is 16.2 Å². The van der Waals surface area contributed by atoms with Gasteiger partial charge in [0.1, 0.15) is 6.54 Å². The van der Waals surface area contributed by atoms with Crippen LogP contribution in [-0.4, -0.2) is 52.7 Å². The van der Waals surface area contributed by atoms with Crippen molar-refractivity contribution in [3.8, 4) is 0 Å². The van der Waals surface area contributed by atoms with Crippen LogP contribution in [0.25, 0.3) is 0 Å². The van der Waals surface area contributed by atoms with Crippen LogP contribution >= 0.6 is 0 Å². The van der Waals surface area contributed by atoms with E-state index in [1.54, 1.807) is 31.3 Å². The molecule has 2 N–H and O–H groups in total. The van der Waals surface area contributed by atoms with E-state index in [1.807, 2.05) is 10.7 Å². The van der Waals surface area contributed by atoms with E-state index in [1.165, 1.54) is 4.90 Å². The lowest BCUT2D eigenvalue weighted by Gasteiger charge is -2.15. The Balaban J connectivity index is 1.37. The van der Waals surface area contributed by atoms with Crippen molar-refractivity contribution in [2.75, 3.05) is 30.4 Å². The lowest BCUT2D eigenvalue weighted by Crippen LogP contribution is -2.31. The SMILES string of the molecule is CN1CC(=O)N(c2cccc(NC(=O)CCc3cc4n(n3)CCNC4)c2)C1=O. The van der Waals surface area contributed by atoms with Gasteiger partial charge in [0.15, 0.2) is 0 Å². The van der Waals surface area contributed by atoms with Crippen LogP contribution in [0.3, 0.4) is 0 Å². The second-order valence-electron chi connectivity index (χ2n) is 6.99. The van der Waals surface area contributed by atoms with Gasteiger partial charge < -0.3 is 15.5 Å². The number of aryl methyl sites for hydroxylation is 1. The van der Waals surface area contributed by atoms with Crippen LogP contribution in [-0.2, 0) is 29.1 Å². The van der Waals surface area contributed by atoms with Crippen molar-refractivity contribution in [2.45, 2.75) is 25.9 Å². The van der Waals surface area contributed by atoms with E-state index in [0.29, 0.717) is 24.2 Å². The topological polar surface area (TPSA) is 99.6 Å². The van der Waals surface area contributed by atoms with Crippen molar-refractivity contribution >= 4 is 29.2 Å².